The Kier molecular flexibility index (Phi) is 7.79. The van der Waals surface area contributed by atoms with Gasteiger partial charge in [-0.1, -0.05) is 32.4 Å². The van der Waals surface area contributed by atoms with Gasteiger partial charge in [0.1, 0.15) is 11.5 Å². The summed E-state index contributed by atoms with van der Waals surface area (Å²) in [5, 5.41) is 11.2. The number of unbranched alkanes of at least 4 members (excludes halogenated alkanes) is 1. The lowest BCUT2D eigenvalue weighted by Gasteiger charge is -2.26. The van der Waals surface area contributed by atoms with E-state index in [1.807, 2.05) is 64.0 Å². The van der Waals surface area contributed by atoms with Crippen molar-refractivity contribution in [3.8, 4) is 5.75 Å². The van der Waals surface area contributed by atoms with Gasteiger partial charge in [0.25, 0.3) is 11.7 Å². The van der Waals surface area contributed by atoms with Crippen LogP contribution in [0.3, 0.4) is 0 Å². The molecule has 1 amide bonds. The van der Waals surface area contributed by atoms with Crippen molar-refractivity contribution in [3.63, 3.8) is 0 Å². The molecule has 0 aliphatic carbocycles. The van der Waals surface area contributed by atoms with Crippen molar-refractivity contribution in [1.82, 2.24) is 4.90 Å². The first kappa shape index (κ1) is 24.4. The molecule has 0 bridgehead atoms. The molecule has 1 atom stereocenters. The predicted molar refractivity (Wildman–Crippen MR) is 132 cm³/mol. The number of benzene rings is 2. The fourth-order valence-electron chi connectivity index (χ4n) is 4.07. The second kappa shape index (κ2) is 10.6. The van der Waals surface area contributed by atoms with Crippen LogP contribution >= 0.6 is 0 Å². The van der Waals surface area contributed by atoms with Gasteiger partial charge in [0.05, 0.1) is 18.2 Å². The molecule has 0 saturated carbocycles. The third-order valence-electron chi connectivity index (χ3n) is 5.93. The van der Waals surface area contributed by atoms with Crippen molar-refractivity contribution in [3.05, 3.63) is 64.7 Å². The van der Waals surface area contributed by atoms with Crippen molar-refractivity contribution < 1.29 is 19.4 Å². The van der Waals surface area contributed by atoms with Gasteiger partial charge in [0.2, 0.25) is 0 Å². The van der Waals surface area contributed by atoms with Crippen molar-refractivity contribution >= 4 is 23.1 Å². The Morgan fingerprint density at radius 1 is 1.06 bits per heavy atom. The standard InChI is InChI=1S/C27H34N2O4/c1-6-8-15-29-24(19-9-12-21(13-10-19)28(4)5)23(26(31)27(29)32)25(30)20-11-14-22(18(3)17-20)33-16-7-2/h9-14,17,24,30H,6-8,15-16H2,1-5H3/b25-23-. The maximum absolute atomic E-state index is 13.1. The first-order valence-corrected chi connectivity index (χ1v) is 11.6. The first-order chi connectivity index (χ1) is 15.8. The molecule has 33 heavy (non-hydrogen) atoms. The van der Waals surface area contributed by atoms with Gasteiger partial charge in [-0.15, -0.1) is 0 Å². The first-order valence-electron chi connectivity index (χ1n) is 11.6. The zero-order chi connectivity index (χ0) is 24.1. The number of aryl methyl sites for hydroxylation is 1. The average Bonchev–Trinajstić information content (AvgIpc) is 3.06. The van der Waals surface area contributed by atoms with Crippen molar-refractivity contribution in [1.29, 1.82) is 0 Å². The van der Waals surface area contributed by atoms with Crippen LogP contribution in [0.1, 0.15) is 55.8 Å². The molecule has 0 aromatic heterocycles. The molecule has 6 heteroatoms. The number of carbonyl (C=O) groups is 2. The Bertz CT molecular complexity index is 1040. The predicted octanol–water partition coefficient (Wildman–Crippen LogP) is 5.07. The van der Waals surface area contributed by atoms with Gasteiger partial charge < -0.3 is 19.6 Å². The Hall–Kier alpha value is -3.28. The number of rotatable bonds is 9. The normalized spacial score (nSPS) is 17.5. The minimum Gasteiger partial charge on any atom is -0.507 e. The van der Waals surface area contributed by atoms with Gasteiger partial charge in [-0.25, -0.2) is 0 Å². The number of anilines is 1. The average molecular weight is 451 g/mol. The number of aliphatic hydroxyl groups is 1. The lowest BCUT2D eigenvalue weighted by molar-refractivity contribution is -0.139. The number of carbonyl (C=O) groups excluding carboxylic acids is 2. The highest BCUT2D eigenvalue weighted by Crippen LogP contribution is 2.40. The maximum Gasteiger partial charge on any atom is 0.295 e. The molecular formula is C27H34N2O4. The topological polar surface area (TPSA) is 70.1 Å². The lowest BCUT2D eigenvalue weighted by Crippen LogP contribution is -2.30. The maximum atomic E-state index is 13.1. The molecule has 0 radical (unpaired) electrons. The summed E-state index contributed by atoms with van der Waals surface area (Å²) < 4.78 is 5.74. The van der Waals surface area contributed by atoms with E-state index in [0.29, 0.717) is 18.7 Å². The molecule has 0 spiro atoms. The van der Waals surface area contributed by atoms with E-state index in [4.69, 9.17) is 4.74 Å². The van der Waals surface area contributed by atoms with Gasteiger partial charge >= 0.3 is 0 Å². The molecule has 2 aromatic rings. The highest BCUT2D eigenvalue weighted by atomic mass is 16.5. The third kappa shape index (κ3) is 5.05. The van der Waals surface area contributed by atoms with Gasteiger partial charge in [0.15, 0.2) is 0 Å². The van der Waals surface area contributed by atoms with E-state index in [9.17, 15) is 14.7 Å². The Morgan fingerprint density at radius 3 is 2.33 bits per heavy atom. The third-order valence-corrected chi connectivity index (χ3v) is 5.93. The zero-order valence-corrected chi connectivity index (χ0v) is 20.2. The minimum absolute atomic E-state index is 0.135. The number of ketones is 1. The summed E-state index contributed by atoms with van der Waals surface area (Å²) in [6.45, 7) is 7.05. The van der Waals surface area contributed by atoms with E-state index in [1.165, 1.54) is 0 Å². The Morgan fingerprint density at radius 2 is 1.76 bits per heavy atom. The molecule has 1 heterocycles. The van der Waals surface area contributed by atoms with Gasteiger partial charge in [0, 0.05) is 31.9 Å². The number of hydrogen-bond donors (Lipinski definition) is 1. The second-order valence-corrected chi connectivity index (χ2v) is 8.66. The number of aliphatic hydroxyl groups excluding tert-OH is 1. The minimum atomic E-state index is -0.644. The van der Waals surface area contributed by atoms with Crippen LogP contribution in [0.15, 0.2) is 48.0 Å². The Balaban J connectivity index is 2.09. The highest BCUT2D eigenvalue weighted by molar-refractivity contribution is 6.46. The van der Waals surface area contributed by atoms with E-state index in [0.717, 1.165) is 41.8 Å². The van der Waals surface area contributed by atoms with Crippen LogP contribution in [0.2, 0.25) is 0 Å². The molecule has 176 valence electrons. The van der Waals surface area contributed by atoms with E-state index in [1.54, 1.807) is 23.1 Å². The molecule has 1 fully saturated rings. The molecule has 6 nitrogen and oxygen atoms in total. The fraction of sp³-hybridized carbons (Fsp3) is 0.407. The van der Waals surface area contributed by atoms with Gasteiger partial charge in [-0.3, -0.25) is 9.59 Å². The van der Waals surface area contributed by atoms with Gasteiger partial charge in [-0.2, -0.15) is 0 Å². The van der Waals surface area contributed by atoms with E-state index < -0.39 is 17.7 Å². The summed E-state index contributed by atoms with van der Waals surface area (Å²) in [6.07, 6.45) is 2.57. The summed E-state index contributed by atoms with van der Waals surface area (Å²) in [7, 11) is 3.91. The molecule has 1 aliphatic rings. The van der Waals surface area contributed by atoms with Crippen LogP contribution in [0.25, 0.3) is 5.76 Å². The fourth-order valence-corrected chi connectivity index (χ4v) is 4.07. The van der Waals surface area contributed by atoms with Crippen LogP contribution in [0.5, 0.6) is 5.75 Å². The summed E-state index contributed by atoms with van der Waals surface area (Å²) in [4.78, 5) is 29.6. The van der Waals surface area contributed by atoms with Crippen LogP contribution in [-0.2, 0) is 9.59 Å². The number of likely N-dealkylation sites (tertiary alicyclic amines) is 1. The highest BCUT2D eigenvalue weighted by Gasteiger charge is 2.45. The van der Waals surface area contributed by atoms with Crippen molar-refractivity contribution in [2.24, 2.45) is 0 Å². The summed E-state index contributed by atoms with van der Waals surface area (Å²) in [5.74, 6) is -0.618. The smallest absolute Gasteiger partial charge is 0.295 e. The summed E-state index contributed by atoms with van der Waals surface area (Å²) in [5.41, 5.74) is 3.31. The van der Waals surface area contributed by atoms with Gasteiger partial charge in [-0.05, 0) is 61.2 Å². The summed E-state index contributed by atoms with van der Waals surface area (Å²) >= 11 is 0. The molecule has 3 rings (SSSR count). The van der Waals surface area contributed by atoms with Crippen molar-refractivity contribution in [2.75, 3.05) is 32.1 Å². The lowest BCUT2D eigenvalue weighted by atomic mass is 9.94. The van der Waals surface area contributed by atoms with Crippen LogP contribution in [0, 0.1) is 6.92 Å². The SMILES string of the molecule is CCCCN1C(=O)C(=O)/C(=C(\O)c2ccc(OCCC)c(C)c2)C1c1ccc(N(C)C)cc1. The van der Waals surface area contributed by atoms with E-state index in [2.05, 4.69) is 0 Å². The molecule has 1 aliphatic heterocycles. The Labute approximate surface area is 196 Å². The largest absolute Gasteiger partial charge is 0.507 e. The molecular weight excluding hydrogens is 416 g/mol. The van der Waals surface area contributed by atoms with Crippen LogP contribution in [-0.4, -0.2) is 48.9 Å². The number of nitrogens with zero attached hydrogens (tertiary/aromatic N) is 2. The number of amides is 1. The number of ether oxygens (including phenoxy) is 1. The zero-order valence-electron chi connectivity index (χ0n) is 20.2. The quantitative estimate of drug-likeness (QED) is 0.328. The van der Waals surface area contributed by atoms with Crippen molar-refractivity contribution in [2.45, 2.75) is 46.1 Å². The van der Waals surface area contributed by atoms with E-state index in [-0.39, 0.29) is 11.3 Å². The monoisotopic (exact) mass is 450 g/mol. The molecule has 1 N–H and O–H groups in total. The van der Waals surface area contributed by atoms with Crippen LogP contribution < -0.4 is 9.64 Å². The van der Waals surface area contributed by atoms with E-state index >= 15 is 0 Å². The summed E-state index contributed by atoms with van der Waals surface area (Å²) in [6, 6.07) is 12.5. The number of Topliss-reactive ketones (excluding diaryl/α,β-unsaturated/α-hetero) is 1. The van der Waals surface area contributed by atoms with Crippen LogP contribution in [0.4, 0.5) is 5.69 Å². The molecule has 2 aromatic carbocycles. The number of hydrogen-bond acceptors (Lipinski definition) is 5. The molecule has 1 unspecified atom stereocenters. The second-order valence-electron chi connectivity index (χ2n) is 8.66. The molecule has 1 saturated heterocycles.